The Kier molecular flexibility index (Phi) is 5.27. The van der Waals surface area contributed by atoms with Crippen LogP contribution in [0.5, 0.6) is 0 Å². The van der Waals surface area contributed by atoms with Crippen LogP contribution in [0.25, 0.3) is 0 Å². The predicted molar refractivity (Wildman–Crippen MR) is 88.7 cm³/mol. The predicted octanol–water partition coefficient (Wildman–Crippen LogP) is 2.52. The molecule has 22 heavy (non-hydrogen) atoms. The number of hydrogen-bond donors (Lipinski definition) is 0. The van der Waals surface area contributed by atoms with Crippen molar-refractivity contribution in [3.05, 3.63) is 35.4 Å². The summed E-state index contributed by atoms with van der Waals surface area (Å²) in [6.45, 7) is 2.07. The van der Waals surface area contributed by atoms with Crippen molar-refractivity contribution >= 4 is 15.7 Å². The standard InChI is InChI=1S/C17H25NO3S/c1-13-7-9-14(10-8-13)15-5-4-6-16(15)18(2)17(19)11-12-22(3,20)21/h7-10,15-16H,4-6,11-12H2,1-3H3. The van der Waals surface area contributed by atoms with Gasteiger partial charge < -0.3 is 4.90 Å². The van der Waals surface area contributed by atoms with Gasteiger partial charge in [-0.05, 0) is 25.3 Å². The Hall–Kier alpha value is -1.36. The lowest BCUT2D eigenvalue weighted by Gasteiger charge is -2.30. The van der Waals surface area contributed by atoms with E-state index in [4.69, 9.17) is 0 Å². The molecule has 1 saturated carbocycles. The third kappa shape index (κ3) is 4.32. The highest BCUT2D eigenvalue weighted by molar-refractivity contribution is 7.90. The third-order valence-electron chi connectivity index (χ3n) is 4.56. The van der Waals surface area contributed by atoms with Crippen LogP contribution in [-0.2, 0) is 14.6 Å². The fourth-order valence-electron chi connectivity index (χ4n) is 3.24. The number of benzene rings is 1. The molecule has 0 saturated heterocycles. The van der Waals surface area contributed by atoms with E-state index in [9.17, 15) is 13.2 Å². The smallest absolute Gasteiger partial charge is 0.223 e. The van der Waals surface area contributed by atoms with Gasteiger partial charge in [0.05, 0.1) is 5.75 Å². The lowest BCUT2D eigenvalue weighted by atomic mass is 9.92. The Balaban J connectivity index is 2.06. The Bertz CT molecular complexity index is 622. The van der Waals surface area contributed by atoms with E-state index in [1.807, 2.05) is 7.05 Å². The van der Waals surface area contributed by atoms with Gasteiger partial charge in [-0.2, -0.15) is 0 Å². The highest BCUT2D eigenvalue weighted by Gasteiger charge is 2.33. The minimum absolute atomic E-state index is 0.0713. The van der Waals surface area contributed by atoms with Crippen LogP contribution >= 0.6 is 0 Å². The maximum Gasteiger partial charge on any atom is 0.223 e. The molecular weight excluding hydrogens is 298 g/mol. The third-order valence-corrected chi connectivity index (χ3v) is 5.51. The molecule has 2 rings (SSSR count). The zero-order valence-electron chi connectivity index (χ0n) is 13.6. The molecule has 2 atom stereocenters. The van der Waals surface area contributed by atoms with Gasteiger partial charge in [0.25, 0.3) is 0 Å². The van der Waals surface area contributed by atoms with Crippen LogP contribution < -0.4 is 0 Å². The van der Waals surface area contributed by atoms with Crippen LogP contribution in [0, 0.1) is 6.92 Å². The summed E-state index contributed by atoms with van der Waals surface area (Å²) in [5, 5.41) is 0. The second-order valence-corrected chi connectivity index (χ2v) is 8.66. The Morgan fingerprint density at radius 3 is 2.45 bits per heavy atom. The summed E-state index contributed by atoms with van der Waals surface area (Å²) in [5.41, 5.74) is 2.51. The number of sulfone groups is 1. The van der Waals surface area contributed by atoms with Crippen LogP contribution in [0.1, 0.15) is 42.7 Å². The largest absolute Gasteiger partial charge is 0.342 e. The summed E-state index contributed by atoms with van der Waals surface area (Å²) < 4.78 is 22.5. The van der Waals surface area contributed by atoms with E-state index >= 15 is 0 Å². The van der Waals surface area contributed by atoms with E-state index in [0.29, 0.717) is 5.92 Å². The van der Waals surface area contributed by atoms with Gasteiger partial charge in [-0.1, -0.05) is 36.2 Å². The second-order valence-electron chi connectivity index (χ2n) is 6.40. The molecule has 0 spiro atoms. The number of likely N-dealkylation sites (N-methyl/N-ethyl adjacent to an activating group) is 1. The van der Waals surface area contributed by atoms with Gasteiger partial charge in [-0.25, -0.2) is 8.42 Å². The number of amides is 1. The molecule has 0 bridgehead atoms. The summed E-state index contributed by atoms with van der Waals surface area (Å²) >= 11 is 0. The summed E-state index contributed by atoms with van der Waals surface area (Å²) in [7, 11) is -1.29. The SMILES string of the molecule is Cc1ccc(C2CCCC2N(C)C(=O)CCS(C)(=O)=O)cc1. The van der Waals surface area contributed by atoms with Gasteiger partial charge in [-0.3, -0.25) is 4.79 Å². The van der Waals surface area contributed by atoms with Crippen molar-refractivity contribution in [2.24, 2.45) is 0 Å². The molecule has 1 fully saturated rings. The zero-order chi connectivity index (χ0) is 16.3. The van der Waals surface area contributed by atoms with Gasteiger partial charge in [0.15, 0.2) is 0 Å². The molecule has 1 aliphatic rings. The number of carbonyl (C=O) groups excluding carboxylic acids is 1. The molecule has 122 valence electrons. The maximum absolute atomic E-state index is 12.3. The molecule has 1 amide bonds. The Morgan fingerprint density at radius 2 is 1.86 bits per heavy atom. The van der Waals surface area contributed by atoms with Gasteiger partial charge in [0.2, 0.25) is 5.91 Å². The maximum atomic E-state index is 12.3. The van der Waals surface area contributed by atoms with E-state index in [0.717, 1.165) is 19.3 Å². The normalized spacial score (nSPS) is 21.8. The number of hydrogen-bond acceptors (Lipinski definition) is 3. The quantitative estimate of drug-likeness (QED) is 0.836. The Labute approximate surface area is 133 Å². The molecule has 4 nitrogen and oxygen atoms in total. The van der Waals surface area contributed by atoms with Crippen LogP contribution in [0.3, 0.4) is 0 Å². The van der Waals surface area contributed by atoms with Crippen molar-refractivity contribution in [2.45, 2.75) is 44.6 Å². The van der Waals surface area contributed by atoms with Crippen molar-refractivity contribution in [1.29, 1.82) is 0 Å². The first-order valence-electron chi connectivity index (χ1n) is 7.78. The van der Waals surface area contributed by atoms with Gasteiger partial charge in [0.1, 0.15) is 9.84 Å². The minimum atomic E-state index is -3.09. The van der Waals surface area contributed by atoms with Gasteiger partial charge in [0, 0.05) is 31.7 Å². The topological polar surface area (TPSA) is 54.5 Å². The summed E-state index contributed by atoms with van der Waals surface area (Å²) in [5.74, 6) is 0.208. The van der Waals surface area contributed by atoms with Crippen molar-refractivity contribution in [3.8, 4) is 0 Å². The van der Waals surface area contributed by atoms with E-state index in [1.54, 1.807) is 4.90 Å². The first-order valence-corrected chi connectivity index (χ1v) is 9.84. The van der Waals surface area contributed by atoms with E-state index in [2.05, 4.69) is 31.2 Å². The fraction of sp³-hybridized carbons (Fsp3) is 0.588. The van der Waals surface area contributed by atoms with Crippen molar-refractivity contribution in [3.63, 3.8) is 0 Å². The monoisotopic (exact) mass is 323 g/mol. The summed E-state index contributed by atoms with van der Waals surface area (Å²) in [4.78, 5) is 14.0. The summed E-state index contributed by atoms with van der Waals surface area (Å²) in [6, 6.07) is 8.68. The number of rotatable bonds is 5. The summed E-state index contributed by atoms with van der Waals surface area (Å²) in [6.07, 6.45) is 4.42. The van der Waals surface area contributed by atoms with Gasteiger partial charge >= 0.3 is 0 Å². The molecule has 5 heteroatoms. The van der Waals surface area contributed by atoms with E-state index < -0.39 is 9.84 Å². The molecule has 0 radical (unpaired) electrons. The van der Waals surface area contributed by atoms with Gasteiger partial charge in [-0.15, -0.1) is 0 Å². The Morgan fingerprint density at radius 1 is 1.23 bits per heavy atom. The average molecular weight is 323 g/mol. The van der Waals surface area contributed by atoms with Crippen LogP contribution in [0.4, 0.5) is 0 Å². The number of nitrogens with zero attached hydrogens (tertiary/aromatic N) is 1. The van der Waals surface area contributed by atoms with Crippen LogP contribution in [0.15, 0.2) is 24.3 Å². The first kappa shape index (κ1) is 17.0. The molecule has 1 aromatic rings. The molecule has 0 heterocycles. The lowest BCUT2D eigenvalue weighted by Crippen LogP contribution is -2.39. The fourth-order valence-corrected chi connectivity index (χ4v) is 3.79. The highest BCUT2D eigenvalue weighted by atomic mass is 32.2. The molecular formula is C17H25NO3S. The molecule has 1 aliphatic carbocycles. The van der Waals surface area contributed by atoms with Crippen molar-refractivity contribution in [2.75, 3.05) is 19.1 Å². The molecule has 2 unspecified atom stereocenters. The van der Waals surface area contributed by atoms with Crippen molar-refractivity contribution in [1.82, 2.24) is 4.90 Å². The number of carbonyl (C=O) groups is 1. The molecule has 0 aliphatic heterocycles. The number of aryl methyl sites for hydroxylation is 1. The highest BCUT2D eigenvalue weighted by Crippen LogP contribution is 2.37. The van der Waals surface area contributed by atoms with Crippen LogP contribution in [-0.4, -0.2) is 44.3 Å². The minimum Gasteiger partial charge on any atom is -0.342 e. The van der Waals surface area contributed by atoms with E-state index in [1.165, 1.54) is 17.4 Å². The first-order chi connectivity index (χ1) is 10.3. The average Bonchev–Trinajstić information content (AvgIpc) is 2.93. The zero-order valence-corrected chi connectivity index (χ0v) is 14.4. The van der Waals surface area contributed by atoms with Crippen molar-refractivity contribution < 1.29 is 13.2 Å². The molecule has 0 aromatic heterocycles. The molecule has 0 N–H and O–H groups in total. The second kappa shape index (κ2) is 6.82. The molecule has 1 aromatic carbocycles. The van der Waals surface area contributed by atoms with Crippen LogP contribution in [0.2, 0.25) is 0 Å². The lowest BCUT2D eigenvalue weighted by molar-refractivity contribution is -0.131. The van der Waals surface area contributed by atoms with E-state index in [-0.39, 0.29) is 24.1 Å².